The Balaban J connectivity index is 1.57. The molecular weight excluding hydrogens is 440 g/mol. The number of rotatable bonds is 7. The van der Waals surface area contributed by atoms with E-state index in [4.69, 9.17) is 16.3 Å². The zero-order valence-electron chi connectivity index (χ0n) is 17.5. The van der Waals surface area contributed by atoms with E-state index in [0.717, 1.165) is 0 Å². The zero-order valence-corrected chi connectivity index (χ0v) is 19.0. The Morgan fingerprint density at radius 2 is 1.90 bits per heavy atom. The summed E-state index contributed by atoms with van der Waals surface area (Å²) in [6.45, 7) is 5.84. The van der Waals surface area contributed by atoms with Gasteiger partial charge < -0.3 is 19.9 Å². The van der Waals surface area contributed by atoms with Gasteiger partial charge in [0.15, 0.2) is 5.13 Å². The molecule has 1 aliphatic heterocycles. The molecule has 1 fully saturated rings. The molecule has 31 heavy (non-hydrogen) atoms. The topological polar surface area (TPSA) is 91.8 Å². The fourth-order valence-corrected chi connectivity index (χ4v) is 3.94. The predicted molar refractivity (Wildman–Crippen MR) is 119 cm³/mol. The Morgan fingerprint density at radius 3 is 2.55 bits per heavy atom. The lowest BCUT2D eigenvalue weighted by atomic mass is 10.1. The molecule has 2 heterocycles. The van der Waals surface area contributed by atoms with Crippen molar-refractivity contribution in [3.05, 3.63) is 45.9 Å². The molecule has 0 spiro atoms. The van der Waals surface area contributed by atoms with Crippen molar-refractivity contribution >= 4 is 45.8 Å². The molecule has 1 aromatic heterocycles. The van der Waals surface area contributed by atoms with Crippen molar-refractivity contribution in [2.45, 2.75) is 26.3 Å². The molecule has 10 heteroatoms. The van der Waals surface area contributed by atoms with Crippen LogP contribution < -0.4 is 5.32 Å². The van der Waals surface area contributed by atoms with Crippen molar-refractivity contribution in [3.63, 3.8) is 0 Å². The van der Waals surface area contributed by atoms with E-state index < -0.39 is 0 Å². The van der Waals surface area contributed by atoms with Gasteiger partial charge in [-0.1, -0.05) is 11.6 Å². The monoisotopic (exact) mass is 464 g/mol. The average molecular weight is 465 g/mol. The van der Waals surface area contributed by atoms with Crippen LogP contribution in [0.5, 0.6) is 0 Å². The molecule has 166 valence electrons. The van der Waals surface area contributed by atoms with Gasteiger partial charge in [-0.25, -0.2) is 4.98 Å². The summed E-state index contributed by atoms with van der Waals surface area (Å²) in [5, 5.41) is 5.42. The molecule has 2 aromatic rings. The van der Waals surface area contributed by atoms with Crippen LogP contribution in [0.25, 0.3) is 0 Å². The van der Waals surface area contributed by atoms with Crippen LogP contribution in [0.3, 0.4) is 0 Å². The lowest BCUT2D eigenvalue weighted by molar-refractivity contribution is -0.134. The Hall–Kier alpha value is -2.49. The summed E-state index contributed by atoms with van der Waals surface area (Å²) in [6.07, 6.45) is 0.180. The van der Waals surface area contributed by atoms with Gasteiger partial charge in [-0.15, -0.1) is 11.3 Å². The number of hydrogen-bond donors (Lipinski definition) is 1. The number of carbonyl (C=O) groups is 3. The quantitative estimate of drug-likeness (QED) is 0.680. The zero-order chi connectivity index (χ0) is 22.4. The number of aromatic nitrogens is 1. The smallest absolute Gasteiger partial charge is 0.254 e. The van der Waals surface area contributed by atoms with Gasteiger partial charge in [-0.05, 0) is 38.1 Å². The first-order valence-electron chi connectivity index (χ1n) is 10.00. The molecule has 3 rings (SSSR count). The van der Waals surface area contributed by atoms with Gasteiger partial charge in [-0.3, -0.25) is 14.4 Å². The van der Waals surface area contributed by atoms with E-state index in [0.29, 0.717) is 47.7 Å². The van der Waals surface area contributed by atoms with E-state index in [2.05, 4.69) is 10.3 Å². The molecule has 8 nitrogen and oxygen atoms in total. The van der Waals surface area contributed by atoms with Gasteiger partial charge in [0.1, 0.15) is 6.54 Å². The van der Waals surface area contributed by atoms with E-state index in [1.807, 2.05) is 13.8 Å². The third kappa shape index (κ3) is 6.49. The van der Waals surface area contributed by atoms with Crippen LogP contribution in [0.2, 0.25) is 5.02 Å². The van der Waals surface area contributed by atoms with Gasteiger partial charge in [-0.2, -0.15) is 0 Å². The minimum atomic E-state index is -0.351. The van der Waals surface area contributed by atoms with Crippen LogP contribution in [-0.2, 0) is 20.7 Å². The van der Waals surface area contributed by atoms with Crippen molar-refractivity contribution in [2.75, 3.05) is 38.2 Å². The molecule has 0 unspecified atom stereocenters. The van der Waals surface area contributed by atoms with Gasteiger partial charge >= 0.3 is 0 Å². The Labute approximate surface area is 190 Å². The maximum atomic E-state index is 12.8. The van der Waals surface area contributed by atoms with Crippen molar-refractivity contribution in [1.82, 2.24) is 14.8 Å². The minimum Gasteiger partial charge on any atom is -0.378 e. The van der Waals surface area contributed by atoms with Crippen LogP contribution in [0, 0.1) is 0 Å². The Morgan fingerprint density at radius 1 is 1.23 bits per heavy atom. The number of hydrogen-bond acceptors (Lipinski definition) is 6. The molecule has 1 N–H and O–H groups in total. The second-order valence-electron chi connectivity index (χ2n) is 7.40. The summed E-state index contributed by atoms with van der Waals surface area (Å²) in [5.74, 6) is -0.611. The van der Waals surface area contributed by atoms with Crippen molar-refractivity contribution < 1.29 is 19.1 Å². The lowest BCUT2D eigenvalue weighted by Crippen LogP contribution is -2.42. The molecular formula is C21H25ClN4O4S. The van der Waals surface area contributed by atoms with Crippen LogP contribution in [0.4, 0.5) is 5.13 Å². The van der Waals surface area contributed by atoms with E-state index in [-0.39, 0.29) is 36.7 Å². The van der Waals surface area contributed by atoms with Crippen LogP contribution in [0.15, 0.2) is 29.6 Å². The van der Waals surface area contributed by atoms with Crippen molar-refractivity contribution in [1.29, 1.82) is 0 Å². The highest BCUT2D eigenvalue weighted by molar-refractivity contribution is 7.13. The average Bonchev–Trinajstić information content (AvgIpc) is 3.19. The third-order valence-electron chi connectivity index (χ3n) is 4.78. The van der Waals surface area contributed by atoms with Crippen LogP contribution in [0.1, 0.15) is 29.9 Å². The summed E-state index contributed by atoms with van der Waals surface area (Å²) in [4.78, 5) is 45.3. The van der Waals surface area contributed by atoms with Crippen molar-refractivity contribution in [2.24, 2.45) is 0 Å². The van der Waals surface area contributed by atoms with Gasteiger partial charge in [0.05, 0.1) is 25.3 Å². The number of carbonyl (C=O) groups excluding carboxylic acids is 3. The molecule has 3 amide bonds. The highest BCUT2D eigenvalue weighted by Gasteiger charge is 2.23. The first kappa shape index (κ1) is 23.2. The predicted octanol–water partition coefficient (Wildman–Crippen LogP) is 2.69. The van der Waals surface area contributed by atoms with Gasteiger partial charge in [0, 0.05) is 35.1 Å². The van der Waals surface area contributed by atoms with E-state index in [1.165, 1.54) is 16.2 Å². The maximum absolute atomic E-state index is 12.8. The van der Waals surface area contributed by atoms with Gasteiger partial charge in [0.2, 0.25) is 11.8 Å². The summed E-state index contributed by atoms with van der Waals surface area (Å²) >= 11 is 7.14. The fraction of sp³-hybridized carbons (Fsp3) is 0.429. The second kappa shape index (κ2) is 10.7. The SMILES string of the molecule is CC(C)N(CC(=O)Nc1nc(CC(=O)N2CCOCC2)cs1)C(=O)c1ccc(Cl)cc1. The first-order valence-corrected chi connectivity index (χ1v) is 11.3. The number of amides is 3. The number of ether oxygens (including phenoxy) is 1. The number of thiazole rings is 1. The number of morpholine rings is 1. The van der Waals surface area contributed by atoms with E-state index in [1.54, 1.807) is 34.5 Å². The van der Waals surface area contributed by atoms with Gasteiger partial charge in [0.25, 0.3) is 5.91 Å². The molecule has 0 radical (unpaired) electrons. The molecule has 0 saturated carbocycles. The normalized spacial score (nSPS) is 13.9. The number of nitrogens with zero attached hydrogens (tertiary/aromatic N) is 3. The molecule has 1 saturated heterocycles. The summed E-state index contributed by atoms with van der Waals surface area (Å²) in [7, 11) is 0. The summed E-state index contributed by atoms with van der Waals surface area (Å²) < 4.78 is 5.26. The molecule has 1 aliphatic rings. The van der Waals surface area contributed by atoms with Crippen molar-refractivity contribution in [3.8, 4) is 0 Å². The maximum Gasteiger partial charge on any atom is 0.254 e. The molecule has 1 aromatic carbocycles. The molecule has 0 bridgehead atoms. The lowest BCUT2D eigenvalue weighted by Gasteiger charge is -2.26. The first-order chi connectivity index (χ1) is 14.8. The number of halogens is 1. The number of nitrogens with one attached hydrogen (secondary N) is 1. The second-order valence-corrected chi connectivity index (χ2v) is 8.69. The largest absolute Gasteiger partial charge is 0.378 e. The van der Waals surface area contributed by atoms with E-state index in [9.17, 15) is 14.4 Å². The standard InChI is InChI=1S/C21H25ClN4O4S/c1-14(2)26(20(29)15-3-5-16(22)6-4-15)12-18(27)24-21-23-17(13-31-21)11-19(28)25-7-9-30-10-8-25/h3-6,13-14H,7-12H2,1-2H3,(H,23,24,27). The number of anilines is 1. The molecule has 0 aliphatic carbocycles. The van der Waals surface area contributed by atoms with E-state index >= 15 is 0 Å². The fourth-order valence-electron chi connectivity index (χ4n) is 3.09. The number of benzene rings is 1. The highest BCUT2D eigenvalue weighted by Crippen LogP contribution is 2.18. The summed E-state index contributed by atoms with van der Waals surface area (Å²) in [5.41, 5.74) is 1.07. The third-order valence-corrected chi connectivity index (χ3v) is 5.84. The van der Waals surface area contributed by atoms with Crippen LogP contribution in [-0.4, -0.2) is 71.4 Å². The Bertz CT molecular complexity index is 926. The van der Waals surface area contributed by atoms with Crippen LogP contribution >= 0.6 is 22.9 Å². The Kier molecular flexibility index (Phi) is 8.00. The molecule has 0 atom stereocenters. The minimum absolute atomic E-state index is 0.00831. The summed E-state index contributed by atoms with van der Waals surface area (Å²) in [6, 6.07) is 6.38. The highest BCUT2D eigenvalue weighted by atomic mass is 35.5.